The molecule has 0 amide bonds. The minimum absolute atomic E-state index is 0.0295. The summed E-state index contributed by atoms with van der Waals surface area (Å²) in [6.07, 6.45) is 1.76. The summed E-state index contributed by atoms with van der Waals surface area (Å²) in [6, 6.07) is 7.94. The standard InChI is InChI=1S/C13H12N2OS/c1-8(14)11-7-17-13(15-11)10-6-16-12-5-3-2-4-9(10)12/h2-8H,14H2,1H3. The molecule has 2 aromatic heterocycles. The molecule has 3 aromatic rings. The summed E-state index contributed by atoms with van der Waals surface area (Å²) in [7, 11) is 0. The number of hydrogen-bond donors (Lipinski definition) is 1. The van der Waals surface area contributed by atoms with Crippen LogP contribution in [0.5, 0.6) is 0 Å². The molecule has 0 saturated heterocycles. The largest absolute Gasteiger partial charge is 0.464 e. The van der Waals surface area contributed by atoms with Gasteiger partial charge in [-0.15, -0.1) is 11.3 Å². The number of thiazole rings is 1. The van der Waals surface area contributed by atoms with Crippen LogP contribution in [0.2, 0.25) is 0 Å². The van der Waals surface area contributed by atoms with E-state index in [1.165, 1.54) is 0 Å². The van der Waals surface area contributed by atoms with Crippen molar-refractivity contribution in [2.24, 2.45) is 5.73 Å². The van der Waals surface area contributed by atoms with Crippen LogP contribution in [0.4, 0.5) is 0 Å². The summed E-state index contributed by atoms with van der Waals surface area (Å²) < 4.78 is 5.51. The third-order valence-corrected chi connectivity index (χ3v) is 3.59. The Morgan fingerprint density at radius 2 is 2.18 bits per heavy atom. The minimum atomic E-state index is -0.0295. The van der Waals surface area contributed by atoms with Crippen LogP contribution >= 0.6 is 11.3 Å². The van der Waals surface area contributed by atoms with Gasteiger partial charge in [0, 0.05) is 16.8 Å². The number of nitrogens with two attached hydrogens (primary N) is 1. The van der Waals surface area contributed by atoms with Gasteiger partial charge in [0.05, 0.1) is 11.3 Å². The zero-order chi connectivity index (χ0) is 11.8. The van der Waals surface area contributed by atoms with E-state index < -0.39 is 0 Å². The molecule has 2 heterocycles. The van der Waals surface area contributed by atoms with Crippen LogP contribution < -0.4 is 5.73 Å². The molecule has 0 fully saturated rings. The van der Waals surface area contributed by atoms with Crippen LogP contribution in [0.25, 0.3) is 21.5 Å². The van der Waals surface area contributed by atoms with Gasteiger partial charge in [-0.3, -0.25) is 0 Å². The molecule has 4 heteroatoms. The van der Waals surface area contributed by atoms with E-state index in [2.05, 4.69) is 4.98 Å². The van der Waals surface area contributed by atoms with Crippen molar-refractivity contribution in [1.29, 1.82) is 0 Å². The van der Waals surface area contributed by atoms with Crippen LogP contribution in [0.15, 0.2) is 40.3 Å². The van der Waals surface area contributed by atoms with Crippen molar-refractivity contribution < 1.29 is 4.42 Å². The van der Waals surface area contributed by atoms with Crippen molar-refractivity contribution in [3.8, 4) is 10.6 Å². The Morgan fingerprint density at radius 3 is 2.94 bits per heavy atom. The molecule has 2 N–H and O–H groups in total. The van der Waals surface area contributed by atoms with Crippen molar-refractivity contribution in [3.05, 3.63) is 41.6 Å². The molecule has 0 aliphatic carbocycles. The molecule has 0 aliphatic rings. The van der Waals surface area contributed by atoms with Crippen molar-refractivity contribution in [1.82, 2.24) is 4.98 Å². The molecule has 0 bridgehead atoms. The Labute approximate surface area is 103 Å². The van der Waals surface area contributed by atoms with Crippen molar-refractivity contribution in [2.45, 2.75) is 13.0 Å². The predicted octanol–water partition coefficient (Wildman–Crippen LogP) is 3.58. The first-order chi connectivity index (χ1) is 8.25. The van der Waals surface area contributed by atoms with Gasteiger partial charge in [0.1, 0.15) is 16.9 Å². The van der Waals surface area contributed by atoms with Gasteiger partial charge in [0.15, 0.2) is 0 Å². The van der Waals surface area contributed by atoms with Gasteiger partial charge in [0.2, 0.25) is 0 Å². The van der Waals surface area contributed by atoms with Gasteiger partial charge in [0.25, 0.3) is 0 Å². The quantitative estimate of drug-likeness (QED) is 0.749. The number of furan rings is 1. The lowest BCUT2D eigenvalue weighted by Gasteiger charge is -1.97. The molecule has 1 unspecified atom stereocenters. The Morgan fingerprint density at radius 1 is 1.35 bits per heavy atom. The van der Waals surface area contributed by atoms with Crippen molar-refractivity contribution in [3.63, 3.8) is 0 Å². The Hall–Kier alpha value is -1.65. The number of rotatable bonds is 2. The third-order valence-electron chi connectivity index (χ3n) is 2.70. The average Bonchev–Trinajstić information content (AvgIpc) is 2.95. The molecule has 3 rings (SSSR count). The zero-order valence-corrected chi connectivity index (χ0v) is 10.2. The SMILES string of the molecule is CC(N)c1csc(-c2coc3ccccc23)n1. The highest BCUT2D eigenvalue weighted by Gasteiger charge is 2.12. The number of nitrogens with zero attached hydrogens (tertiary/aromatic N) is 1. The predicted molar refractivity (Wildman–Crippen MR) is 69.9 cm³/mol. The Balaban J connectivity index is 2.14. The smallest absolute Gasteiger partial charge is 0.134 e. The molecular formula is C13H12N2OS. The van der Waals surface area contributed by atoms with Crippen LogP contribution in [0.3, 0.4) is 0 Å². The molecule has 0 aliphatic heterocycles. The summed E-state index contributed by atoms with van der Waals surface area (Å²) in [5.41, 5.74) is 8.67. The maximum absolute atomic E-state index is 5.81. The minimum Gasteiger partial charge on any atom is -0.464 e. The number of hydrogen-bond acceptors (Lipinski definition) is 4. The lowest BCUT2D eigenvalue weighted by molar-refractivity contribution is 0.617. The van der Waals surface area contributed by atoms with E-state index in [1.807, 2.05) is 36.6 Å². The molecule has 3 nitrogen and oxygen atoms in total. The first-order valence-electron chi connectivity index (χ1n) is 5.43. The molecule has 0 spiro atoms. The lowest BCUT2D eigenvalue weighted by Crippen LogP contribution is -2.04. The third kappa shape index (κ3) is 1.75. The summed E-state index contributed by atoms with van der Waals surface area (Å²) in [5.74, 6) is 0. The fourth-order valence-corrected chi connectivity index (χ4v) is 2.71. The van der Waals surface area contributed by atoms with Crippen LogP contribution in [0.1, 0.15) is 18.7 Å². The van der Waals surface area contributed by atoms with E-state index in [-0.39, 0.29) is 6.04 Å². The molecule has 1 aromatic carbocycles. The monoisotopic (exact) mass is 244 g/mol. The lowest BCUT2D eigenvalue weighted by atomic mass is 10.2. The normalized spacial score (nSPS) is 13.1. The first-order valence-corrected chi connectivity index (χ1v) is 6.31. The van der Waals surface area contributed by atoms with Crippen LogP contribution in [0, 0.1) is 0 Å². The van der Waals surface area contributed by atoms with E-state index >= 15 is 0 Å². The fraction of sp³-hybridized carbons (Fsp3) is 0.154. The van der Waals surface area contributed by atoms with Gasteiger partial charge in [-0.05, 0) is 13.0 Å². The topological polar surface area (TPSA) is 52.0 Å². The second-order valence-electron chi connectivity index (χ2n) is 4.01. The highest BCUT2D eigenvalue weighted by atomic mass is 32.1. The number of fused-ring (bicyclic) bond motifs is 1. The summed E-state index contributed by atoms with van der Waals surface area (Å²) in [5, 5.41) is 4.06. The summed E-state index contributed by atoms with van der Waals surface area (Å²) in [4.78, 5) is 4.54. The molecule has 1 atom stereocenters. The second kappa shape index (κ2) is 3.98. The Kier molecular flexibility index (Phi) is 2.46. The molecule has 0 radical (unpaired) electrons. The maximum Gasteiger partial charge on any atom is 0.134 e. The van der Waals surface area contributed by atoms with Gasteiger partial charge in [-0.25, -0.2) is 4.98 Å². The molecule has 17 heavy (non-hydrogen) atoms. The van der Waals surface area contributed by atoms with E-state index in [0.29, 0.717) is 0 Å². The van der Waals surface area contributed by atoms with Gasteiger partial charge < -0.3 is 10.2 Å². The van der Waals surface area contributed by atoms with Gasteiger partial charge >= 0.3 is 0 Å². The highest BCUT2D eigenvalue weighted by Crippen LogP contribution is 2.33. The van der Waals surface area contributed by atoms with Gasteiger partial charge in [-0.2, -0.15) is 0 Å². The second-order valence-corrected chi connectivity index (χ2v) is 4.87. The van der Waals surface area contributed by atoms with Crippen molar-refractivity contribution >= 4 is 22.3 Å². The number of aromatic nitrogens is 1. The fourth-order valence-electron chi connectivity index (χ4n) is 1.76. The van der Waals surface area contributed by atoms with E-state index in [4.69, 9.17) is 10.2 Å². The van der Waals surface area contributed by atoms with Crippen LogP contribution in [-0.2, 0) is 0 Å². The molecular weight excluding hydrogens is 232 g/mol. The maximum atomic E-state index is 5.81. The zero-order valence-electron chi connectivity index (χ0n) is 9.38. The number of benzene rings is 1. The van der Waals surface area contributed by atoms with Crippen LogP contribution in [-0.4, -0.2) is 4.98 Å². The molecule has 86 valence electrons. The van der Waals surface area contributed by atoms with Gasteiger partial charge in [-0.1, -0.05) is 18.2 Å². The summed E-state index contributed by atoms with van der Waals surface area (Å²) >= 11 is 1.60. The number of para-hydroxylation sites is 1. The highest BCUT2D eigenvalue weighted by molar-refractivity contribution is 7.13. The Bertz CT molecular complexity index is 654. The van der Waals surface area contributed by atoms with Crippen molar-refractivity contribution in [2.75, 3.05) is 0 Å². The van der Waals surface area contributed by atoms with E-state index in [9.17, 15) is 0 Å². The van der Waals surface area contributed by atoms with E-state index in [0.717, 1.165) is 27.2 Å². The first kappa shape index (κ1) is 10.5. The average molecular weight is 244 g/mol. The molecule has 0 saturated carbocycles. The summed E-state index contributed by atoms with van der Waals surface area (Å²) in [6.45, 7) is 1.94. The van der Waals surface area contributed by atoms with E-state index in [1.54, 1.807) is 17.6 Å².